The Labute approximate surface area is 112 Å². The van der Waals surface area contributed by atoms with Crippen LogP contribution in [0.15, 0.2) is 11.6 Å². The van der Waals surface area contributed by atoms with Crippen LogP contribution in [0.4, 0.5) is 5.13 Å². The van der Waals surface area contributed by atoms with Crippen molar-refractivity contribution in [3.05, 3.63) is 11.6 Å². The number of likely N-dealkylation sites (tertiary alicyclic amines) is 1. The van der Waals surface area contributed by atoms with Crippen molar-refractivity contribution in [3.8, 4) is 0 Å². The van der Waals surface area contributed by atoms with Crippen molar-refractivity contribution < 1.29 is 4.79 Å². The highest BCUT2D eigenvalue weighted by molar-refractivity contribution is 7.13. The lowest BCUT2D eigenvalue weighted by atomic mass is 9.85. The van der Waals surface area contributed by atoms with Crippen LogP contribution in [0.2, 0.25) is 0 Å². The summed E-state index contributed by atoms with van der Waals surface area (Å²) in [5, 5.41) is 2.80. The van der Waals surface area contributed by atoms with Gasteiger partial charge < -0.3 is 0 Å². The summed E-state index contributed by atoms with van der Waals surface area (Å²) >= 11 is 1.56. The zero-order chi connectivity index (χ0) is 12.6. The molecule has 1 aromatic heterocycles. The first-order valence-electron chi connectivity index (χ1n) is 6.70. The second-order valence-corrected chi connectivity index (χ2v) is 6.11. The Balaban J connectivity index is 1.85. The van der Waals surface area contributed by atoms with E-state index in [9.17, 15) is 4.79 Å². The molecule has 2 aliphatic heterocycles. The Hall–Kier alpha value is -0.940. The van der Waals surface area contributed by atoms with Gasteiger partial charge in [-0.3, -0.25) is 14.6 Å². The lowest BCUT2D eigenvalue weighted by molar-refractivity contribution is -0.118. The average Bonchev–Trinajstić information content (AvgIpc) is 2.98. The molecule has 1 unspecified atom stereocenters. The number of hydrogen-bond donors (Lipinski definition) is 0. The lowest BCUT2D eigenvalue weighted by Crippen LogP contribution is -2.53. The third-order valence-corrected chi connectivity index (χ3v) is 5.05. The van der Waals surface area contributed by atoms with Crippen LogP contribution in [0.3, 0.4) is 0 Å². The van der Waals surface area contributed by atoms with Gasteiger partial charge in [-0.05, 0) is 25.9 Å². The van der Waals surface area contributed by atoms with Crippen LogP contribution in [0.5, 0.6) is 0 Å². The average molecular weight is 265 g/mol. The number of hydrogen-bond acceptors (Lipinski definition) is 4. The maximum Gasteiger partial charge on any atom is 0.230 e. The molecule has 2 saturated heterocycles. The molecule has 98 valence electrons. The summed E-state index contributed by atoms with van der Waals surface area (Å²) in [5.41, 5.74) is 0.0791. The van der Waals surface area contributed by atoms with Gasteiger partial charge in [0.15, 0.2) is 5.13 Å². The van der Waals surface area contributed by atoms with Gasteiger partial charge in [0.1, 0.15) is 0 Å². The van der Waals surface area contributed by atoms with E-state index in [2.05, 4.69) is 16.8 Å². The van der Waals surface area contributed by atoms with Crippen molar-refractivity contribution in [2.24, 2.45) is 0 Å². The standard InChI is InChI=1S/C13H19N3OS/c1-2-15-7-4-3-5-13(15)9-11(17)16(10-13)12-14-6-8-18-12/h6,8H,2-5,7,9-10H2,1H3. The number of carbonyl (C=O) groups is 1. The summed E-state index contributed by atoms with van der Waals surface area (Å²) in [4.78, 5) is 20.9. The predicted octanol–water partition coefficient (Wildman–Crippen LogP) is 2.12. The number of anilines is 1. The Morgan fingerprint density at radius 3 is 3.11 bits per heavy atom. The summed E-state index contributed by atoms with van der Waals surface area (Å²) in [7, 11) is 0. The van der Waals surface area contributed by atoms with Crippen LogP contribution in [0.1, 0.15) is 32.6 Å². The molecular formula is C13H19N3OS. The SMILES string of the molecule is CCN1CCCCC12CC(=O)N(c1nccs1)C2. The molecule has 0 N–H and O–H groups in total. The summed E-state index contributed by atoms with van der Waals surface area (Å²) < 4.78 is 0. The van der Waals surface area contributed by atoms with E-state index in [0.717, 1.165) is 31.2 Å². The summed E-state index contributed by atoms with van der Waals surface area (Å²) in [6, 6.07) is 0. The van der Waals surface area contributed by atoms with Crippen molar-refractivity contribution in [1.82, 2.24) is 9.88 Å². The highest BCUT2D eigenvalue weighted by atomic mass is 32.1. The van der Waals surface area contributed by atoms with Gasteiger partial charge >= 0.3 is 0 Å². The molecule has 18 heavy (non-hydrogen) atoms. The van der Waals surface area contributed by atoms with Gasteiger partial charge in [0.05, 0.1) is 0 Å². The molecular weight excluding hydrogens is 246 g/mol. The summed E-state index contributed by atoms with van der Waals surface area (Å²) in [6.45, 7) is 5.20. The van der Waals surface area contributed by atoms with Gasteiger partial charge in [0, 0.05) is 30.1 Å². The molecule has 0 radical (unpaired) electrons. The van der Waals surface area contributed by atoms with E-state index in [0.29, 0.717) is 6.42 Å². The van der Waals surface area contributed by atoms with Crippen LogP contribution in [0.25, 0.3) is 0 Å². The predicted molar refractivity (Wildman–Crippen MR) is 72.9 cm³/mol. The molecule has 0 saturated carbocycles. The number of carbonyl (C=O) groups excluding carboxylic acids is 1. The molecule has 2 aliphatic rings. The molecule has 0 aliphatic carbocycles. The van der Waals surface area contributed by atoms with Crippen molar-refractivity contribution in [3.63, 3.8) is 0 Å². The number of likely N-dealkylation sites (N-methyl/N-ethyl adjacent to an activating group) is 1. The first kappa shape index (κ1) is 12.1. The zero-order valence-electron chi connectivity index (χ0n) is 10.8. The maximum absolute atomic E-state index is 12.3. The molecule has 2 fully saturated rings. The van der Waals surface area contributed by atoms with Gasteiger partial charge in [0.25, 0.3) is 0 Å². The lowest BCUT2D eigenvalue weighted by Gasteiger charge is -2.43. The number of piperidine rings is 1. The monoisotopic (exact) mass is 265 g/mol. The molecule has 1 spiro atoms. The van der Waals surface area contributed by atoms with Gasteiger partial charge in [-0.25, -0.2) is 4.98 Å². The molecule has 4 nitrogen and oxygen atoms in total. The van der Waals surface area contributed by atoms with Crippen molar-refractivity contribution >= 4 is 22.4 Å². The third-order valence-electron chi connectivity index (χ3n) is 4.26. The Bertz CT molecular complexity index is 433. The molecule has 3 rings (SSSR count). The first-order valence-corrected chi connectivity index (χ1v) is 7.58. The van der Waals surface area contributed by atoms with Crippen molar-refractivity contribution in [1.29, 1.82) is 0 Å². The Kier molecular flexibility index (Phi) is 3.11. The summed E-state index contributed by atoms with van der Waals surface area (Å²) in [6.07, 6.45) is 6.10. The van der Waals surface area contributed by atoms with Crippen molar-refractivity contribution in [2.75, 3.05) is 24.5 Å². The number of aromatic nitrogens is 1. The van der Waals surface area contributed by atoms with E-state index in [1.54, 1.807) is 17.5 Å². The summed E-state index contributed by atoms with van der Waals surface area (Å²) in [5.74, 6) is 0.241. The van der Waals surface area contributed by atoms with Gasteiger partial charge in [0.2, 0.25) is 5.91 Å². The van der Waals surface area contributed by atoms with E-state index in [4.69, 9.17) is 0 Å². The minimum atomic E-state index is 0.0791. The second kappa shape index (κ2) is 4.63. The highest BCUT2D eigenvalue weighted by Crippen LogP contribution is 2.39. The fourth-order valence-corrected chi connectivity index (χ4v) is 4.02. The molecule has 1 aromatic rings. The zero-order valence-corrected chi connectivity index (χ0v) is 11.6. The number of rotatable bonds is 2. The van der Waals surface area contributed by atoms with Crippen LogP contribution in [0, 0.1) is 0 Å². The smallest absolute Gasteiger partial charge is 0.230 e. The van der Waals surface area contributed by atoms with E-state index < -0.39 is 0 Å². The fourth-order valence-electron chi connectivity index (χ4n) is 3.36. The van der Waals surface area contributed by atoms with Crippen LogP contribution in [-0.4, -0.2) is 41.0 Å². The van der Waals surface area contributed by atoms with E-state index in [1.165, 1.54) is 12.8 Å². The van der Waals surface area contributed by atoms with E-state index in [1.807, 2.05) is 10.3 Å². The van der Waals surface area contributed by atoms with E-state index >= 15 is 0 Å². The largest absolute Gasteiger partial charge is 0.296 e. The first-order chi connectivity index (χ1) is 8.75. The second-order valence-electron chi connectivity index (χ2n) is 5.23. The van der Waals surface area contributed by atoms with Crippen LogP contribution >= 0.6 is 11.3 Å². The highest BCUT2D eigenvalue weighted by Gasteiger charge is 2.48. The van der Waals surface area contributed by atoms with Crippen molar-refractivity contribution in [2.45, 2.75) is 38.1 Å². The Morgan fingerprint density at radius 2 is 2.39 bits per heavy atom. The molecule has 0 bridgehead atoms. The Morgan fingerprint density at radius 1 is 1.50 bits per heavy atom. The molecule has 5 heteroatoms. The third kappa shape index (κ3) is 1.86. The van der Waals surface area contributed by atoms with Crippen LogP contribution in [-0.2, 0) is 4.79 Å². The van der Waals surface area contributed by atoms with E-state index in [-0.39, 0.29) is 11.4 Å². The molecule has 1 amide bonds. The topological polar surface area (TPSA) is 36.4 Å². The maximum atomic E-state index is 12.3. The molecule has 3 heterocycles. The normalized spacial score (nSPS) is 29.4. The molecule has 0 aromatic carbocycles. The number of nitrogens with zero attached hydrogens (tertiary/aromatic N) is 3. The fraction of sp³-hybridized carbons (Fsp3) is 0.692. The minimum absolute atomic E-state index is 0.0791. The minimum Gasteiger partial charge on any atom is -0.296 e. The number of amides is 1. The van der Waals surface area contributed by atoms with Gasteiger partial charge in [-0.15, -0.1) is 11.3 Å². The number of thiazole rings is 1. The quantitative estimate of drug-likeness (QED) is 0.822. The molecule has 1 atom stereocenters. The van der Waals surface area contributed by atoms with Gasteiger partial charge in [-0.2, -0.15) is 0 Å². The van der Waals surface area contributed by atoms with Crippen LogP contribution < -0.4 is 4.90 Å². The van der Waals surface area contributed by atoms with Gasteiger partial charge in [-0.1, -0.05) is 13.3 Å².